The van der Waals surface area contributed by atoms with Gasteiger partial charge >= 0.3 is 0 Å². The van der Waals surface area contributed by atoms with E-state index in [0.717, 1.165) is 0 Å². The molecule has 0 saturated heterocycles. The summed E-state index contributed by atoms with van der Waals surface area (Å²) in [5.74, 6) is -0.626. The van der Waals surface area contributed by atoms with Crippen molar-refractivity contribution in [2.24, 2.45) is 0 Å². The number of carbonyl (C=O) groups excluding carboxylic acids is 1. The monoisotopic (exact) mass is 269 g/mol. The molecule has 0 radical (unpaired) electrons. The molecule has 0 aromatic heterocycles. The molecule has 1 aromatic carbocycles. The first-order valence-corrected chi connectivity index (χ1v) is 6.28. The lowest BCUT2D eigenvalue weighted by atomic mass is 10.2. The van der Waals surface area contributed by atoms with Crippen LogP contribution in [0.15, 0.2) is 18.2 Å². The van der Waals surface area contributed by atoms with Gasteiger partial charge < -0.3 is 14.8 Å². The standard InChI is InChI=1S/C14H20FNO3/c1-10(2)19-8-4-7-16-14(17)12-6-5-11(18-3)9-13(12)15/h5-6,9-10H,4,7-8H2,1-3H3,(H,16,17). The zero-order chi connectivity index (χ0) is 14.3. The van der Waals surface area contributed by atoms with E-state index in [9.17, 15) is 9.18 Å². The summed E-state index contributed by atoms with van der Waals surface area (Å²) < 4.78 is 23.8. The van der Waals surface area contributed by atoms with Crippen molar-refractivity contribution in [3.8, 4) is 5.75 Å². The third-order valence-electron chi connectivity index (χ3n) is 2.48. The number of amides is 1. The summed E-state index contributed by atoms with van der Waals surface area (Å²) >= 11 is 0. The van der Waals surface area contributed by atoms with Crippen molar-refractivity contribution in [3.05, 3.63) is 29.6 Å². The van der Waals surface area contributed by atoms with Crippen LogP contribution in [0.3, 0.4) is 0 Å². The van der Waals surface area contributed by atoms with Crippen molar-refractivity contribution >= 4 is 5.91 Å². The number of benzene rings is 1. The Morgan fingerprint density at radius 2 is 2.16 bits per heavy atom. The van der Waals surface area contributed by atoms with Crippen molar-refractivity contribution in [1.82, 2.24) is 5.32 Å². The first-order valence-electron chi connectivity index (χ1n) is 6.28. The second-order valence-corrected chi connectivity index (χ2v) is 4.37. The summed E-state index contributed by atoms with van der Waals surface area (Å²) in [7, 11) is 1.45. The fourth-order valence-corrected chi connectivity index (χ4v) is 1.50. The van der Waals surface area contributed by atoms with E-state index < -0.39 is 11.7 Å². The molecule has 19 heavy (non-hydrogen) atoms. The number of rotatable bonds is 7. The van der Waals surface area contributed by atoms with E-state index in [1.807, 2.05) is 13.8 Å². The van der Waals surface area contributed by atoms with Crippen LogP contribution < -0.4 is 10.1 Å². The molecule has 0 aliphatic rings. The third-order valence-corrected chi connectivity index (χ3v) is 2.48. The molecule has 1 rings (SSSR count). The zero-order valence-corrected chi connectivity index (χ0v) is 11.5. The lowest BCUT2D eigenvalue weighted by Gasteiger charge is -2.09. The SMILES string of the molecule is COc1ccc(C(=O)NCCCOC(C)C)c(F)c1. The van der Waals surface area contributed by atoms with Crippen molar-refractivity contribution in [1.29, 1.82) is 0 Å². The Kier molecular flexibility index (Phi) is 6.29. The highest BCUT2D eigenvalue weighted by molar-refractivity contribution is 5.94. The lowest BCUT2D eigenvalue weighted by molar-refractivity contribution is 0.0756. The predicted molar refractivity (Wildman–Crippen MR) is 71.0 cm³/mol. The highest BCUT2D eigenvalue weighted by Crippen LogP contribution is 2.15. The molecule has 0 fully saturated rings. The summed E-state index contributed by atoms with van der Waals surface area (Å²) in [5, 5.41) is 2.65. The average Bonchev–Trinajstić information content (AvgIpc) is 2.37. The zero-order valence-electron chi connectivity index (χ0n) is 11.5. The van der Waals surface area contributed by atoms with Gasteiger partial charge in [0, 0.05) is 19.2 Å². The Morgan fingerprint density at radius 1 is 1.42 bits per heavy atom. The maximum atomic E-state index is 13.6. The summed E-state index contributed by atoms with van der Waals surface area (Å²) in [6.45, 7) is 4.93. The molecule has 1 amide bonds. The molecule has 5 heteroatoms. The van der Waals surface area contributed by atoms with Crippen LogP contribution in [0.4, 0.5) is 4.39 Å². The maximum Gasteiger partial charge on any atom is 0.254 e. The van der Waals surface area contributed by atoms with E-state index >= 15 is 0 Å². The molecule has 1 aromatic rings. The van der Waals surface area contributed by atoms with E-state index in [0.29, 0.717) is 25.3 Å². The molecule has 0 aliphatic carbocycles. The number of carbonyl (C=O) groups is 1. The molecule has 0 saturated carbocycles. The van der Waals surface area contributed by atoms with E-state index in [-0.39, 0.29) is 11.7 Å². The summed E-state index contributed by atoms with van der Waals surface area (Å²) in [6, 6.07) is 4.16. The van der Waals surface area contributed by atoms with Gasteiger partial charge in [-0.3, -0.25) is 4.79 Å². The number of halogens is 1. The Morgan fingerprint density at radius 3 is 2.74 bits per heavy atom. The minimum absolute atomic E-state index is 0.0191. The molecule has 0 unspecified atom stereocenters. The smallest absolute Gasteiger partial charge is 0.254 e. The first-order chi connectivity index (χ1) is 9.04. The first kappa shape index (κ1) is 15.4. The molecule has 106 valence electrons. The quantitative estimate of drug-likeness (QED) is 0.773. The molecule has 0 aliphatic heterocycles. The van der Waals surface area contributed by atoms with Gasteiger partial charge in [0.1, 0.15) is 11.6 Å². The fraction of sp³-hybridized carbons (Fsp3) is 0.500. The highest BCUT2D eigenvalue weighted by Gasteiger charge is 2.11. The van der Waals surface area contributed by atoms with Gasteiger partial charge in [0.15, 0.2) is 0 Å². The van der Waals surface area contributed by atoms with Crippen LogP contribution in [0, 0.1) is 5.82 Å². The molecule has 0 atom stereocenters. The van der Waals surface area contributed by atoms with E-state index in [1.54, 1.807) is 6.07 Å². The Hall–Kier alpha value is -1.62. The van der Waals surface area contributed by atoms with Gasteiger partial charge in [0.05, 0.1) is 18.8 Å². The van der Waals surface area contributed by atoms with Crippen LogP contribution in [0.5, 0.6) is 5.75 Å². The number of methoxy groups -OCH3 is 1. The van der Waals surface area contributed by atoms with Crippen LogP contribution in [0.2, 0.25) is 0 Å². The summed E-state index contributed by atoms with van der Waals surface area (Å²) in [5.41, 5.74) is 0.0191. The minimum atomic E-state index is -0.588. The predicted octanol–water partition coefficient (Wildman–Crippen LogP) is 2.38. The Bertz CT molecular complexity index is 421. The minimum Gasteiger partial charge on any atom is -0.497 e. The number of nitrogens with one attached hydrogen (secondary N) is 1. The Balaban J connectivity index is 2.41. The summed E-state index contributed by atoms with van der Waals surface area (Å²) in [6.07, 6.45) is 0.872. The third kappa shape index (κ3) is 5.26. The van der Waals surface area contributed by atoms with Gasteiger partial charge in [-0.1, -0.05) is 0 Å². The number of ether oxygens (including phenoxy) is 2. The van der Waals surface area contributed by atoms with Crippen LogP contribution in [0.1, 0.15) is 30.6 Å². The maximum absolute atomic E-state index is 13.6. The topological polar surface area (TPSA) is 47.6 Å². The molecular weight excluding hydrogens is 249 g/mol. The van der Waals surface area contributed by atoms with Gasteiger partial charge in [-0.2, -0.15) is 0 Å². The second kappa shape index (κ2) is 7.74. The molecule has 0 heterocycles. The van der Waals surface area contributed by atoms with Crippen LogP contribution in [0.25, 0.3) is 0 Å². The van der Waals surface area contributed by atoms with Crippen LogP contribution >= 0.6 is 0 Å². The van der Waals surface area contributed by atoms with Crippen molar-refractivity contribution < 1.29 is 18.7 Å². The van der Waals surface area contributed by atoms with Gasteiger partial charge in [-0.15, -0.1) is 0 Å². The van der Waals surface area contributed by atoms with Crippen molar-refractivity contribution in [2.45, 2.75) is 26.4 Å². The van der Waals surface area contributed by atoms with Gasteiger partial charge in [0.25, 0.3) is 5.91 Å². The van der Waals surface area contributed by atoms with E-state index in [4.69, 9.17) is 9.47 Å². The van der Waals surface area contributed by atoms with Gasteiger partial charge in [-0.25, -0.2) is 4.39 Å². The van der Waals surface area contributed by atoms with Crippen LogP contribution in [-0.2, 0) is 4.74 Å². The number of hydrogen-bond acceptors (Lipinski definition) is 3. The van der Waals surface area contributed by atoms with Crippen LogP contribution in [-0.4, -0.2) is 32.3 Å². The normalized spacial score (nSPS) is 10.6. The van der Waals surface area contributed by atoms with Crippen molar-refractivity contribution in [2.75, 3.05) is 20.3 Å². The average molecular weight is 269 g/mol. The van der Waals surface area contributed by atoms with E-state index in [1.165, 1.54) is 19.2 Å². The second-order valence-electron chi connectivity index (χ2n) is 4.37. The molecule has 4 nitrogen and oxygen atoms in total. The Labute approximate surface area is 112 Å². The van der Waals surface area contributed by atoms with E-state index in [2.05, 4.69) is 5.32 Å². The lowest BCUT2D eigenvalue weighted by Crippen LogP contribution is -2.26. The molecule has 0 spiro atoms. The van der Waals surface area contributed by atoms with Gasteiger partial charge in [-0.05, 0) is 32.4 Å². The highest BCUT2D eigenvalue weighted by atomic mass is 19.1. The largest absolute Gasteiger partial charge is 0.497 e. The fourth-order valence-electron chi connectivity index (χ4n) is 1.50. The van der Waals surface area contributed by atoms with Gasteiger partial charge in [0.2, 0.25) is 0 Å². The molecular formula is C14H20FNO3. The summed E-state index contributed by atoms with van der Waals surface area (Å²) in [4.78, 5) is 11.7. The molecule has 0 bridgehead atoms. The molecule has 1 N–H and O–H groups in total. The number of hydrogen-bond donors (Lipinski definition) is 1. The van der Waals surface area contributed by atoms with Crippen molar-refractivity contribution in [3.63, 3.8) is 0 Å².